The van der Waals surface area contributed by atoms with Gasteiger partial charge in [0.05, 0.1) is 0 Å². The number of carboxylic acid groups (broad SMARTS) is 1. The predicted molar refractivity (Wildman–Crippen MR) is 97.1 cm³/mol. The number of benzene rings is 2. The summed E-state index contributed by atoms with van der Waals surface area (Å²) in [5.41, 5.74) is 1.71. The molecule has 0 aliphatic carbocycles. The van der Waals surface area contributed by atoms with Crippen molar-refractivity contribution in [3.05, 3.63) is 65.7 Å². The van der Waals surface area contributed by atoms with Gasteiger partial charge in [-0.3, -0.25) is 9.59 Å². The highest BCUT2D eigenvalue weighted by Gasteiger charge is 2.21. The third-order valence-corrected chi connectivity index (χ3v) is 3.63. The fourth-order valence-electron chi connectivity index (χ4n) is 2.34. The molecule has 0 aliphatic heterocycles. The molecule has 0 heterocycles. The second kappa shape index (κ2) is 9.96. The average molecular weight is 371 g/mol. The standard InChI is InChI=1S/C20H21NO6/c1-14(22)26-13-19(23)21-18(20(24)25)11-16-8-5-9-17(10-16)27-12-15-6-3-2-4-7-15/h2-10,18H,11-13H2,1H3,(H,21,23)(H,24,25)/t18-/m0/s1. The summed E-state index contributed by atoms with van der Waals surface area (Å²) in [5, 5.41) is 11.7. The van der Waals surface area contributed by atoms with Crippen molar-refractivity contribution in [2.24, 2.45) is 0 Å². The van der Waals surface area contributed by atoms with Crippen molar-refractivity contribution in [3.8, 4) is 5.75 Å². The molecule has 0 unspecified atom stereocenters. The van der Waals surface area contributed by atoms with E-state index in [1.807, 2.05) is 30.3 Å². The number of esters is 1. The Kier molecular flexibility index (Phi) is 7.37. The number of rotatable bonds is 9. The number of hydrogen-bond acceptors (Lipinski definition) is 5. The van der Waals surface area contributed by atoms with E-state index < -0.39 is 30.5 Å². The lowest BCUT2D eigenvalue weighted by Gasteiger charge is -2.15. The number of carboxylic acids is 1. The summed E-state index contributed by atoms with van der Waals surface area (Å²) >= 11 is 0. The molecule has 7 heteroatoms. The van der Waals surface area contributed by atoms with Gasteiger partial charge >= 0.3 is 11.9 Å². The predicted octanol–water partition coefficient (Wildman–Crippen LogP) is 1.94. The molecule has 2 aromatic carbocycles. The van der Waals surface area contributed by atoms with E-state index in [-0.39, 0.29) is 6.42 Å². The summed E-state index contributed by atoms with van der Waals surface area (Å²) in [6, 6.07) is 15.5. The van der Waals surface area contributed by atoms with Crippen LogP contribution < -0.4 is 10.1 Å². The van der Waals surface area contributed by atoms with Crippen molar-refractivity contribution < 1.29 is 29.0 Å². The molecule has 0 saturated heterocycles. The second-order valence-electron chi connectivity index (χ2n) is 5.86. The Labute approximate surface area is 156 Å². The molecule has 0 saturated carbocycles. The Hall–Kier alpha value is -3.35. The Bertz CT molecular complexity index is 790. The number of carbonyl (C=O) groups is 3. The van der Waals surface area contributed by atoms with E-state index in [0.717, 1.165) is 5.56 Å². The first-order valence-corrected chi connectivity index (χ1v) is 8.35. The minimum atomic E-state index is -1.18. The van der Waals surface area contributed by atoms with E-state index in [9.17, 15) is 19.5 Å². The molecule has 2 N–H and O–H groups in total. The second-order valence-corrected chi connectivity index (χ2v) is 5.86. The van der Waals surface area contributed by atoms with Crippen LogP contribution in [0.1, 0.15) is 18.1 Å². The van der Waals surface area contributed by atoms with Crippen molar-refractivity contribution in [1.29, 1.82) is 0 Å². The maximum atomic E-state index is 11.7. The Morgan fingerprint density at radius 2 is 1.74 bits per heavy atom. The van der Waals surface area contributed by atoms with Gasteiger partial charge in [-0.25, -0.2) is 4.79 Å². The first-order chi connectivity index (χ1) is 12.9. The summed E-state index contributed by atoms with van der Waals surface area (Å²) < 4.78 is 10.3. The first-order valence-electron chi connectivity index (χ1n) is 8.35. The van der Waals surface area contributed by atoms with Crippen molar-refractivity contribution in [2.45, 2.75) is 26.0 Å². The van der Waals surface area contributed by atoms with Crippen LogP contribution in [0.25, 0.3) is 0 Å². The van der Waals surface area contributed by atoms with E-state index in [0.29, 0.717) is 17.9 Å². The average Bonchev–Trinajstić information content (AvgIpc) is 2.65. The molecule has 0 aliphatic rings. The highest BCUT2D eigenvalue weighted by atomic mass is 16.5. The Morgan fingerprint density at radius 3 is 2.41 bits per heavy atom. The Balaban J connectivity index is 1.96. The third-order valence-electron chi connectivity index (χ3n) is 3.63. The van der Waals surface area contributed by atoms with Crippen LogP contribution >= 0.6 is 0 Å². The van der Waals surface area contributed by atoms with Crippen LogP contribution in [-0.4, -0.2) is 35.6 Å². The summed E-state index contributed by atoms with van der Waals surface area (Å²) in [6.07, 6.45) is 0.0731. The molecular formula is C20H21NO6. The fraction of sp³-hybridized carbons (Fsp3) is 0.250. The summed E-state index contributed by atoms with van der Waals surface area (Å²) in [5.74, 6) is -1.86. The molecule has 1 amide bonds. The molecule has 2 rings (SSSR count). The molecule has 2 aromatic rings. The third kappa shape index (κ3) is 7.19. The zero-order valence-corrected chi connectivity index (χ0v) is 14.9. The van der Waals surface area contributed by atoms with E-state index >= 15 is 0 Å². The molecule has 7 nitrogen and oxygen atoms in total. The highest BCUT2D eigenvalue weighted by Crippen LogP contribution is 2.16. The molecule has 27 heavy (non-hydrogen) atoms. The van der Waals surface area contributed by atoms with Gasteiger partial charge in [0.15, 0.2) is 6.61 Å². The lowest BCUT2D eigenvalue weighted by atomic mass is 10.1. The summed E-state index contributed by atoms with van der Waals surface area (Å²) in [6.45, 7) is 1.05. The topological polar surface area (TPSA) is 102 Å². The molecule has 0 bridgehead atoms. The highest BCUT2D eigenvalue weighted by molar-refractivity contribution is 5.85. The maximum Gasteiger partial charge on any atom is 0.326 e. The van der Waals surface area contributed by atoms with Crippen LogP contribution in [0.2, 0.25) is 0 Å². The monoisotopic (exact) mass is 371 g/mol. The molecule has 0 fully saturated rings. The summed E-state index contributed by atoms with van der Waals surface area (Å²) in [7, 11) is 0. The van der Waals surface area contributed by atoms with E-state index in [2.05, 4.69) is 10.1 Å². The van der Waals surface area contributed by atoms with Crippen molar-refractivity contribution >= 4 is 17.8 Å². The van der Waals surface area contributed by atoms with Crippen molar-refractivity contribution in [3.63, 3.8) is 0 Å². The van der Waals surface area contributed by atoms with Crippen molar-refractivity contribution in [1.82, 2.24) is 5.32 Å². The molecular weight excluding hydrogens is 350 g/mol. The molecule has 142 valence electrons. The van der Waals surface area contributed by atoms with Crippen LogP contribution in [-0.2, 0) is 32.1 Å². The zero-order chi connectivity index (χ0) is 19.6. The molecule has 1 atom stereocenters. The number of carbonyl (C=O) groups excluding carboxylic acids is 2. The van der Waals surface area contributed by atoms with E-state index in [4.69, 9.17) is 4.74 Å². The van der Waals surface area contributed by atoms with Crippen LogP contribution in [0, 0.1) is 0 Å². The van der Waals surface area contributed by atoms with Gasteiger partial charge in [-0.05, 0) is 23.3 Å². The van der Waals surface area contributed by atoms with E-state index in [1.54, 1.807) is 24.3 Å². The van der Waals surface area contributed by atoms with Gasteiger partial charge < -0.3 is 19.9 Å². The number of ether oxygens (including phenoxy) is 2. The summed E-state index contributed by atoms with van der Waals surface area (Å²) in [4.78, 5) is 33.8. The molecule has 0 radical (unpaired) electrons. The SMILES string of the molecule is CC(=O)OCC(=O)N[C@@H](Cc1cccc(OCc2ccccc2)c1)C(=O)O. The number of hydrogen-bond donors (Lipinski definition) is 2. The lowest BCUT2D eigenvalue weighted by Crippen LogP contribution is -2.44. The van der Waals surface area contributed by atoms with Crippen LogP contribution in [0.5, 0.6) is 5.75 Å². The van der Waals surface area contributed by atoms with Crippen molar-refractivity contribution in [2.75, 3.05) is 6.61 Å². The molecule has 0 spiro atoms. The first kappa shape index (κ1) is 20.0. The van der Waals surface area contributed by atoms with Gasteiger partial charge in [0.1, 0.15) is 18.4 Å². The van der Waals surface area contributed by atoms with Gasteiger partial charge in [0.25, 0.3) is 5.91 Å². The number of aliphatic carboxylic acids is 1. The van der Waals surface area contributed by atoms with E-state index in [1.165, 1.54) is 6.92 Å². The normalized spacial score (nSPS) is 11.3. The van der Waals surface area contributed by atoms with Gasteiger partial charge in [-0.2, -0.15) is 0 Å². The number of nitrogens with one attached hydrogen (secondary N) is 1. The van der Waals surface area contributed by atoms with Gasteiger partial charge in [0, 0.05) is 13.3 Å². The van der Waals surface area contributed by atoms with Crippen LogP contribution in [0.4, 0.5) is 0 Å². The lowest BCUT2D eigenvalue weighted by molar-refractivity contribution is -0.148. The van der Waals surface area contributed by atoms with Crippen LogP contribution in [0.3, 0.4) is 0 Å². The molecule has 0 aromatic heterocycles. The van der Waals surface area contributed by atoms with Gasteiger partial charge in [-0.1, -0.05) is 42.5 Å². The Morgan fingerprint density at radius 1 is 1.04 bits per heavy atom. The number of amides is 1. The maximum absolute atomic E-state index is 11.7. The van der Waals surface area contributed by atoms with Gasteiger partial charge in [-0.15, -0.1) is 0 Å². The fourth-order valence-corrected chi connectivity index (χ4v) is 2.34. The largest absolute Gasteiger partial charge is 0.489 e. The smallest absolute Gasteiger partial charge is 0.326 e. The van der Waals surface area contributed by atoms with Gasteiger partial charge in [0.2, 0.25) is 0 Å². The van der Waals surface area contributed by atoms with Crippen LogP contribution in [0.15, 0.2) is 54.6 Å². The minimum absolute atomic E-state index is 0.0731. The minimum Gasteiger partial charge on any atom is -0.489 e. The zero-order valence-electron chi connectivity index (χ0n) is 14.9. The quantitative estimate of drug-likeness (QED) is 0.653.